The van der Waals surface area contributed by atoms with Gasteiger partial charge in [-0.1, -0.05) is 98.4 Å². The van der Waals surface area contributed by atoms with E-state index in [9.17, 15) is 9.18 Å². The predicted molar refractivity (Wildman–Crippen MR) is 225 cm³/mol. The van der Waals surface area contributed by atoms with Crippen LogP contribution in [0.15, 0.2) is 122 Å². The molecule has 0 aliphatic carbocycles. The molecule has 3 heterocycles. The van der Waals surface area contributed by atoms with Gasteiger partial charge in [-0.05, 0) is 87.6 Å². The zero-order valence-electron chi connectivity index (χ0n) is 33.0. The number of carbonyl (C=O) groups excluding carboxylic acids is 1. The Morgan fingerprint density at radius 1 is 0.839 bits per heavy atom. The minimum atomic E-state index is -0.294. The highest BCUT2D eigenvalue weighted by atomic mass is 19.1. The lowest BCUT2D eigenvalue weighted by Gasteiger charge is -2.37. The maximum absolute atomic E-state index is 13.6. The van der Waals surface area contributed by atoms with Gasteiger partial charge in [-0.2, -0.15) is 4.98 Å². The highest BCUT2D eigenvalue weighted by Crippen LogP contribution is 2.28. The van der Waals surface area contributed by atoms with Crippen molar-refractivity contribution in [3.05, 3.63) is 133 Å². The van der Waals surface area contributed by atoms with Crippen LogP contribution in [0.3, 0.4) is 0 Å². The highest BCUT2D eigenvalue weighted by Gasteiger charge is 2.27. The number of fused-ring (bicyclic) bond motifs is 1. The highest BCUT2D eigenvalue weighted by molar-refractivity contribution is 5.79. The molecule has 9 nitrogen and oxygen atoms in total. The molecule has 0 radical (unpaired) electrons. The Balaban J connectivity index is 0.967. The molecule has 2 aromatic carbocycles. The van der Waals surface area contributed by atoms with E-state index in [1.54, 1.807) is 12.3 Å². The van der Waals surface area contributed by atoms with Crippen molar-refractivity contribution in [1.82, 2.24) is 19.5 Å². The number of para-hydroxylation sites is 2. The van der Waals surface area contributed by atoms with E-state index in [0.29, 0.717) is 24.8 Å². The maximum atomic E-state index is 13.6. The van der Waals surface area contributed by atoms with Crippen LogP contribution in [-0.4, -0.2) is 58.5 Å². The van der Waals surface area contributed by atoms with Gasteiger partial charge in [-0.15, -0.1) is 0 Å². The number of imidazole rings is 1. The molecule has 296 valence electrons. The number of carbonyl (C=O) groups is 1. The Labute approximate surface area is 332 Å². The van der Waals surface area contributed by atoms with Crippen LogP contribution in [0.4, 0.5) is 16.3 Å². The van der Waals surface area contributed by atoms with Gasteiger partial charge in [-0.3, -0.25) is 4.79 Å². The topological polar surface area (TPSA) is 85.6 Å². The SMILES string of the molecule is CCC/C=C\C/C=C\C/C=C\C/C=C\C/C=C\CCCC(=O)OCOc1ccnc(N(C)C2CCN(c3nc4ccccc4n3Cc3ccc(F)cc3)CC2)n1. The Morgan fingerprint density at radius 2 is 1.48 bits per heavy atom. The van der Waals surface area contributed by atoms with E-state index in [4.69, 9.17) is 14.5 Å². The molecule has 0 N–H and O–H groups in total. The predicted octanol–water partition coefficient (Wildman–Crippen LogP) is 10.3. The number of rotatable bonds is 22. The number of aromatic nitrogens is 4. The molecule has 2 aromatic heterocycles. The first kappa shape index (κ1) is 41.6. The lowest BCUT2D eigenvalue weighted by molar-refractivity contribution is -0.150. The molecule has 56 heavy (non-hydrogen) atoms. The average Bonchev–Trinajstić information content (AvgIpc) is 3.59. The van der Waals surface area contributed by atoms with Gasteiger partial charge in [0.1, 0.15) is 5.82 Å². The molecular weight excluding hydrogens is 704 g/mol. The van der Waals surface area contributed by atoms with Gasteiger partial charge in [0.25, 0.3) is 0 Å². The molecule has 0 amide bonds. The molecule has 0 bridgehead atoms. The number of allylic oxidation sites excluding steroid dienone is 10. The summed E-state index contributed by atoms with van der Waals surface area (Å²) in [7, 11) is 2.00. The lowest BCUT2D eigenvalue weighted by atomic mass is 10.0. The Kier molecular flexibility index (Phi) is 17.4. The van der Waals surface area contributed by atoms with Gasteiger partial charge in [0.15, 0.2) is 0 Å². The largest absolute Gasteiger partial charge is 0.440 e. The molecule has 1 aliphatic rings. The number of esters is 1. The summed E-state index contributed by atoms with van der Waals surface area (Å²) in [5.41, 5.74) is 3.02. The van der Waals surface area contributed by atoms with E-state index in [1.165, 1.54) is 18.6 Å². The second kappa shape index (κ2) is 23.4. The van der Waals surface area contributed by atoms with Crippen molar-refractivity contribution < 1.29 is 18.7 Å². The first-order valence-corrected chi connectivity index (χ1v) is 20.1. The van der Waals surface area contributed by atoms with Gasteiger partial charge in [-0.25, -0.2) is 14.4 Å². The molecule has 1 fully saturated rings. The summed E-state index contributed by atoms with van der Waals surface area (Å²) in [6.07, 6.45) is 33.4. The molecule has 5 rings (SSSR count). The fourth-order valence-corrected chi connectivity index (χ4v) is 6.51. The second-order valence-corrected chi connectivity index (χ2v) is 13.9. The quantitative estimate of drug-likeness (QED) is 0.0339. The third kappa shape index (κ3) is 13.7. The summed E-state index contributed by atoms with van der Waals surface area (Å²) in [5, 5.41) is 0. The Morgan fingerprint density at radius 3 is 2.16 bits per heavy atom. The zero-order chi connectivity index (χ0) is 39.2. The summed E-state index contributed by atoms with van der Waals surface area (Å²) in [4.78, 5) is 30.8. The molecule has 0 spiro atoms. The fraction of sp³-hybridized carbons (Fsp3) is 0.391. The Hall–Kier alpha value is -5.51. The van der Waals surface area contributed by atoms with Gasteiger partial charge >= 0.3 is 5.97 Å². The van der Waals surface area contributed by atoms with Crippen LogP contribution in [-0.2, 0) is 16.1 Å². The van der Waals surface area contributed by atoms with E-state index in [1.807, 2.05) is 37.4 Å². The van der Waals surface area contributed by atoms with Crippen LogP contribution in [0.1, 0.15) is 83.1 Å². The van der Waals surface area contributed by atoms with Crippen molar-refractivity contribution in [2.45, 2.75) is 90.1 Å². The molecule has 1 saturated heterocycles. The molecule has 0 unspecified atom stereocenters. The van der Waals surface area contributed by atoms with E-state index in [0.717, 1.165) is 93.4 Å². The third-order valence-electron chi connectivity index (χ3n) is 9.67. The van der Waals surface area contributed by atoms with Gasteiger partial charge in [0, 0.05) is 44.9 Å². The standard InChI is InChI=1S/C46H57FN6O3/c1-3-4-5-6-7-8-9-10-11-12-13-14-15-16-17-18-19-20-25-44(54)56-37-55-43-30-33-48-45(50-43)51(2)40-31-34-52(35-32-40)46-49-41-23-21-22-24-42(41)53(46)36-38-26-28-39(47)29-27-38/h5-6,8-9,11-12,14-15,17-18,21-24,26-30,33,40H,3-4,7,10,13,16,19-20,25,31-32,34-37H2,1-2H3/b6-5-,9-8-,12-11-,15-14-,18-17-. The number of hydrogen-bond acceptors (Lipinski definition) is 8. The lowest BCUT2D eigenvalue weighted by Crippen LogP contribution is -2.44. The monoisotopic (exact) mass is 760 g/mol. The molecular formula is C46H57FN6O3. The van der Waals surface area contributed by atoms with Crippen LogP contribution in [0.25, 0.3) is 11.0 Å². The summed E-state index contributed by atoms with van der Waals surface area (Å²) >= 11 is 0. The van der Waals surface area contributed by atoms with E-state index < -0.39 is 0 Å². The van der Waals surface area contributed by atoms with Gasteiger partial charge in [0.05, 0.1) is 17.6 Å². The van der Waals surface area contributed by atoms with Crippen LogP contribution < -0.4 is 14.5 Å². The number of anilines is 2. The maximum Gasteiger partial charge on any atom is 0.308 e. The number of nitrogens with zero attached hydrogens (tertiary/aromatic N) is 6. The van der Waals surface area contributed by atoms with E-state index >= 15 is 0 Å². The minimum Gasteiger partial charge on any atom is -0.440 e. The fourth-order valence-electron chi connectivity index (χ4n) is 6.51. The van der Waals surface area contributed by atoms with Crippen molar-refractivity contribution in [3.8, 4) is 5.88 Å². The van der Waals surface area contributed by atoms with Crippen molar-refractivity contribution in [1.29, 1.82) is 0 Å². The second-order valence-electron chi connectivity index (χ2n) is 13.9. The minimum absolute atomic E-state index is 0.196. The molecule has 4 aromatic rings. The number of ether oxygens (including phenoxy) is 2. The van der Waals surface area contributed by atoms with Crippen LogP contribution >= 0.6 is 0 Å². The number of unbranched alkanes of at least 4 members (excludes halogenated alkanes) is 2. The first-order chi connectivity index (χ1) is 27.5. The average molecular weight is 761 g/mol. The Bertz CT molecular complexity index is 1920. The van der Waals surface area contributed by atoms with Crippen molar-refractivity contribution in [3.63, 3.8) is 0 Å². The van der Waals surface area contributed by atoms with Gasteiger partial charge < -0.3 is 23.8 Å². The summed E-state index contributed by atoms with van der Waals surface area (Å²) in [6.45, 7) is 4.24. The third-order valence-corrected chi connectivity index (χ3v) is 9.67. The molecule has 1 aliphatic heterocycles. The van der Waals surface area contributed by atoms with E-state index in [-0.39, 0.29) is 24.6 Å². The van der Waals surface area contributed by atoms with E-state index in [2.05, 4.69) is 98.1 Å². The van der Waals surface area contributed by atoms with Crippen molar-refractivity contribution in [2.24, 2.45) is 0 Å². The van der Waals surface area contributed by atoms with Crippen molar-refractivity contribution >= 4 is 28.9 Å². The number of hydrogen-bond donors (Lipinski definition) is 0. The van der Waals surface area contributed by atoms with Crippen molar-refractivity contribution in [2.75, 3.05) is 36.7 Å². The zero-order valence-corrected chi connectivity index (χ0v) is 33.0. The summed E-state index contributed by atoms with van der Waals surface area (Å²) in [6, 6.07) is 16.7. The normalized spacial score (nSPS) is 14.1. The molecule has 0 atom stereocenters. The van der Waals surface area contributed by atoms with Gasteiger partial charge in [0.2, 0.25) is 24.6 Å². The number of piperidine rings is 1. The summed E-state index contributed by atoms with van der Waals surface area (Å²) in [5.74, 6) is 1.30. The van der Waals surface area contributed by atoms with Crippen LogP contribution in [0, 0.1) is 5.82 Å². The summed E-state index contributed by atoms with van der Waals surface area (Å²) < 4.78 is 26.8. The number of halogens is 1. The smallest absolute Gasteiger partial charge is 0.308 e. The molecule has 0 saturated carbocycles. The van der Waals surface area contributed by atoms with Crippen LogP contribution in [0.2, 0.25) is 0 Å². The number of benzene rings is 2. The molecule has 10 heteroatoms. The van der Waals surface area contributed by atoms with Crippen LogP contribution in [0.5, 0.6) is 5.88 Å². The first-order valence-electron chi connectivity index (χ1n) is 20.1.